The fraction of sp³-hybridized carbons (Fsp3) is 0.619. The van der Waals surface area contributed by atoms with Gasteiger partial charge in [-0.1, -0.05) is 45.7 Å². The summed E-state index contributed by atoms with van der Waals surface area (Å²) in [6.07, 6.45) is 5.86. The van der Waals surface area contributed by atoms with E-state index in [4.69, 9.17) is 4.74 Å². The summed E-state index contributed by atoms with van der Waals surface area (Å²) in [7, 11) is 0. The maximum Gasteiger partial charge on any atom is 0.543 e. The molecule has 2 rings (SSSR count). The van der Waals surface area contributed by atoms with Crippen LogP contribution in [0.5, 0.6) is 0 Å². The highest BCUT2D eigenvalue weighted by molar-refractivity contribution is 5.88. The van der Waals surface area contributed by atoms with Gasteiger partial charge in [0.05, 0.1) is 10.6 Å². The van der Waals surface area contributed by atoms with Crippen molar-refractivity contribution >= 4 is 12.1 Å². The Morgan fingerprint density at radius 2 is 1.74 bits per heavy atom. The first-order chi connectivity index (χ1) is 13.0. The highest BCUT2D eigenvalue weighted by Crippen LogP contribution is 2.31. The third kappa shape index (κ3) is 7.21. The minimum absolute atomic E-state index is 0.191. The monoisotopic (exact) mass is 378 g/mol. The van der Waals surface area contributed by atoms with E-state index in [2.05, 4.69) is 35.6 Å². The maximum absolute atomic E-state index is 11.9. The van der Waals surface area contributed by atoms with Crippen LogP contribution in [0.15, 0.2) is 24.3 Å². The normalized spacial score (nSPS) is 22.1. The van der Waals surface area contributed by atoms with Crippen LogP contribution < -0.4 is 0 Å². The molecule has 27 heavy (non-hydrogen) atoms. The second kappa shape index (κ2) is 10.9. The SMILES string of the molecule is CCCCCc1ccc(C(=O)OOOC(=O)OC2CCC(C)C(C)C2)cc1. The lowest BCUT2D eigenvalue weighted by Crippen LogP contribution is -2.29. The molecule has 1 aromatic carbocycles. The van der Waals surface area contributed by atoms with Crippen LogP contribution in [0.25, 0.3) is 0 Å². The maximum atomic E-state index is 11.9. The zero-order valence-electron chi connectivity index (χ0n) is 16.4. The minimum Gasteiger partial charge on any atom is -0.429 e. The molecule has 1 aliphatic rings. The van der Waals surface area contributed by atoms with E-state index in [0.717, 1.165) is 37.7 Å². The van der Waals surface area contributed by atoms with Crippen molar-refractivity contribution < 1.29 is 29.1 Å². The van der Waals surface area contributed by atoms with Gasteiger partial charge in [0, 0.05) is 0 Å². The fourth-order valence-corrected chi connectivity index (χ4v) is 3.27. The zero-order valence-corrected chi connectivity index (χ0v) is 16.4. The molecule has 0 spiro atoms. The van der Waals surface area contributed by atoms with Gasteiger partial charge < -0.3 is 4.74 Å². The van der Waals surface area contributed by atoms with Crippen LogP contribution in [-0.2, 0) is 26.0 Å². The molecule has 0 aromatic heterocycles. The minimum atomic E-state index is -0.999. The van der Waals surface area contributed by atoms with Crippen LogP contribution >= 0.6 is 0 Å². The van der Waals surface area contributed by atoms with Gasteiger partial charge in [-0.3, -0.25) is 4.89 Å². The van der Waals surface area contributed by atoms with Crippen molar-refractivity contribution in [1.82, 2.24) is 0 Å². The van der Waals surface area contributed by atoms with Crippen LogP contribution in [0.1, 0.15) is 75.2 Å². The van der Waals surface area contributed by atoms with E-state index < -0.39 is 12.1 Å². The third-order valence-corrected chi connectivity index (χ3v) is 5.28. The van der Waals surface area contributed by atoms with Gasteiger partial charge in [0.1, 0.15) is 6.10 Å². The van der Waals surface area contributed by atoms with E-state index in [1.165, 1.54) is 12.8 Å². The van der Waals surface area contributed by atoms with Gasteiger partial charge in [0.25, 0.3) is 0 Å². The van der Waals surface area contributed by atoms with Gasteiger partial charge in [-0.2, -0.15) is 0 Å². The number of ether oxygens (including phenoxy) is 1. The van der Waals surface area contributed by atoms with E-state index in [9.17, 15) is 9.59 Å². The lowest BCUT2D eigenvalue weighted by Gasteiger charge is -2.30. The Morgan fingerprint density at radius 3 is 2.41 bits per heavy atom. The lowest BCUT2D eigenvalue weighted by atomic mass is 9.80. The van der Waals surface area contributed by atoms with Crippen LogP contribution in [0.4, 0.5) is 4.79 Å². The number of hydrogen-bond acceptors (Lipinski definition) is 6. The molecule has 1 fully saturated rings. The fourth-order valence-electron chi connectivity index (χ4n) is 3.27. The van der Waals surface area contributed by atoms with Crippen molar-refractivity contribution in [2.45, 2.75) is 71.8 Å². The number of carbonyl (C=O) groups excluding carboxylic acids is 2. The molecular weight excluding hydrogens is 348 g/mol. The van der Waals surface area contributed by atoms with E-state index in [1.54, 1.807) is 12.1 Å². The van der Waals surface area contributed by atoms with Gasteiger partial charge >= 0.3 is 12.1 Å². The average Bonchev–Trinajstić information content (AvgIpc) is 2.65. The highest BCUT2D eigenvalue weighted by atomic mass is 17.5. The number of benzene rings is 1. The van der Waals surface area contributed by atoms with Gasteiger partial charge in [-0.25, -0.2) is 14.5 Å². The van der Waals surface area contributed by atoms with Crippen molar-refractivity contribution in [1.29, 1.82) is 0 Å². The number of hydrogen-bond donors (Lipinski definition) is 0. The molecule has 0 saturated heterocycles. The Balaban J connectivity index is 1.67. The summed E-state index contributed by atoms with van der Waals surface area (Å²) >= 11 is 0. The summed E-state index contributed by atoms with van der Waals surface area (Å²) in [5, 5.41) is 4.29. The second-order valence-electron chi connectivity index (χ2n) is 7.43. The number of aryl methyl sites for hydroxylation is 1. The summed E-state index contributed by atoms with van der Waals surface area (Å²) in [6, 6.07) is 7.09. The molecule has 1 saturated carbocycles. The molecule has 0 amide bonds. The van der Waals surface area contributed by atoms with Crippen molar-refractivity contribution in [3.8, 4) is 0 Å². The van der Waals surface area contributed by atoms with Gasteiger partial charge in [0.2, 0.25) is 0 Å². The highest BCUT2D eigenvalue weighted by Gasteiger charge is 2.28. The van der Waals surface area contributed by atoms with Gasteiger partial charge in [-0.05, 0) is 61.6 Å². The number of carbonyl (C=O) groups is 2. The predicted octanol–water partition coefficient (Wildman–Crippen LogP) is 5.40. The molecule has 6 heteroatoms. The van der Waals surface area contributed by atoms with Crippen molar-refractivity contribution in [3.63, 3.8) is 0 Å². The Hall–Kier alpha value is -2.08. The second-order valence-corrected chi connectivity index (χ2v) is 7.43. The van der Waals surface area contributed by atoms with Gasteiger partial charge in [-0.15, -0.1) is 0 Å². The van der Waals surface area contributed by atoms with Crippen molar-refractivity contribution in [3.05, 3.63) is 35.4 Å². The number of rotatable bonds is 8. The van der Waals surface area contributed by atoms with E-state index in [1.807, 2.05) is 12.1 Å². The standard InChI is InChI=1S/C21H30O6/c1-4-5-6-7-17-9-11-18(12-10-17)20(22)25-27-26-21(23)24-19-13-8-15(2)16(3)14-19/h9-12,15-16,19H,4-8,13-14H2,1-3H3. The zero-order chi connectivity index (χ0) is 19.6. The topological polar surface area (TPSA) is 71.1 Å². The quantitative estimate of drug-likeness (QED) is 0.261. The molecule has 1 aliphatic carbocycles. The Kier molecular flexibility index (Phi) is 8.58. The Morgan fingerprint density at radius 1 is 1.00 bits per heavy atom. The molecule has 0 bridgehead atoms. The molecule has 6 nitrogen and oxygen atoms in total. The third-order valence-electron chi connectivity index (χ3n) is 5.28. The smallest absolute Gasteiger partial charge is 0.429 e. The molecule has 0 heterocycles. The average molecular weight is 378 g/mol. The Labute approximate surface area is 161 Å². The molecule has 3 unspecified atom stereocenters. The van der Waals surface area contributed by atoms with E-state index in [0.29, 0.717) is 17.4 Å². The van der Waals surface area contributed by atoms with Crippen LogP contribution in [-0.4, -0.2) is 18.2 Å². The predicted molar refractivity (Wildman–Crippen MR) is 99.7 cm³/mol. The first-order valence-electron chi connectivity index (χ1n) is 9.84. The van der Waals surface area contributed by atoms with Crippen LogP contribution in [0.3, 0.4) is 0 Å². The first kappa shape index (κ1) is 21.2. The summed E-state index contributed by atoms with van der Waals surface area (Å²) in [6.45, 7) is 6.49. The van der Waals surface area contributed by atoms with Crippen molar-refractivity contribution in [2.24, 2.45) is 11.8 Å². The molecular formula is C21H30O6. The molecule has 0 radical (unpaired) electrons. The molecule has 0 N–H and O–H groups in total. The molecule has 3 atom stereocenters. The van der Waals surface area contributed by atoms with Crippen molar-refractivity contribution in [2.75, 3.05) is 0 Å². The van der Waals surface area contributed by atoms with E-state index in [-0.39, 0.29) is 6.10 Å². The summed E-state index contributed by atoms with van der Waals surface area (Å²) in [5.74, 6) is 0.374. The summed E-state index contributed by atoms with van der Waals surface area (Å²) < 4.78 is 5.18. The first-order valence-corrected chi connectivity index (χ1v) is 9.84. The summed E-state index contributed by atoms with van der Waals surface area (Å²) in [4.78, 5) is 32.4. The van der Waals surface area contributed by atoms with E-state index >= 15 is 0 Å². The lowest BCUT2D eigenvalue weighted by molar-refractivity contribution is -0.453. The largest absolute Gasteiger partial charge is 0.543 e. The van der Waals surface area contributed by atoms with Crippen LogP contribution in [0.2, 0.25) is 0 Å². The van der Waals surface area contributed by atoms with Crippen LogP contribution in [0, 0.1) is 11.8 Å². The molecule has 1 aromatic rings. The summed E-state index contributed by atoms with van der Waals surface area (Å²) in [5.41, 5.74) is 1.48. The number of unbranched alkanes of at least 4 members (excludes halogenated alkanes) is 2. The molecule has 150 valence electrons. The van der Waals surface area contributed by atoms with Gasteiger partial charge in [0.15, 0.2) is 0 Å². The Bertz CT molecular complexity index is 597. The molecule has 0 aliphatic heterocycles.